The second-order valence-electron chi connectivity index (χ2n) is 4.63. The molecule has 3 rings (SSSR count). The molecular weight excluding hydrogens is 226 g/mol. The Balaban J connectivity index is 1.70. The third kappa shape index (κ3) is 2.42. The van der Waals surface area contributed by atoms with Crippen LogP contribution in [-0.4, -0.2) is 22.2 Å². The van der Waals surface area contributed by atoms with Crippen LogP contribution in [0.15, 0.2) is 42.6 Å². The fourth-order valence-corrected chi connectivity index (χ4v) is 1.82. The molecule has 1 amide bonds. The number of nitrogens with zero attached hydrogens (tertiary/aromatic N) is 2. The lowest BCUT2D eigenvalue weighted by Crippen LogP contribution is -2.26. The van der Waals surface area contributed by atoms with Gasteiger partial charge in [0, 0.05) is 12.7 Å². The van der Waals surface area contributed by atoms with Gasteiger partial charge in [-0.1, -0.05) is 18.2 Å². The minimum Gasteiger partial charge on any atom is -0.350 e. The van der Waals surface area contributed by atoms with E-state index < -0.39 is 0 Å². The monoisotopic (exact) mass is 241 g/mol. The first-order valence-corrected chi connectivity index (χ1v) is 6.22. The largest absolute Gasteiger partial charge is 0.350 e. The zero-order valence-corrected chi connectivity index (χ0v) is 10.0. The average molecular weight is 241 g/mol. The summed E-state index contributed by atoms with van der Waals surface area (Å²) in [5.41, 5.74) is 1.43. The van der Waals surface area contributed by atoms with Gasteiger partial charge in [-0.05, 0) is 37.0 Å². The summed E-state index contributed by atoms with van der Waals surface area (Å²) in [7, 11) is 0. The number of carbonyl (C=O) groups excluding carboxylic acids is 1. The third-order valence-electron chi connectivity index (χ3n) is 3.09. The standard InChI is InChI=1S/C14H15N3O/c18-14(15-10-11-6-7-11)13-8-9-17(16-13)12-4-2-1-3-5-12/h1-5,8-9,11H,6-7,10H2,(H,15,18). The van der Waals surface area contributed by atoms with E-state index in [1.165, 1.54) is 12.8 Å². The van der Waals surface area contributed by atoms with E-state index in [-0.39, 0.29) is 5.91 Å². The van der Waals surface area contributed by atoms with Crippen LogP contribution in [-0.2, 0) is 0 Å². The molecule has 2 aromatic rings. The topological polar surface area (TPSA) is 46.9 Å². The molecule has 1 N–H and O–H groups in total. The fraction of sp³-hybridized carbons (Fsp3) is 0.286. The van der Waals surface area contributed by atoms with Crippen molar-refractivity contribution >= 4 is 5.91 Å². The van der Waals surface area contributed by atoms with Crippen LogP contribution in [0.2, 0.25) is 0 Å². The number of nitrogens with one attached hydrogen (secondary N) is 1. The molecule has 1 fully saturated rings. The molecule has 92 valence electrons. The molecule has 0 bridgehead atoms. The Morgan fingerprint density at radius 1 is 1.28 bits per heavy atom. The van der Waals surface area contributed by atoms with Crippen molar-refractivity contribution in [2.24, 2.45) is 5.92 Å². The van der Waals surface area contributed by atoms with Crippen molar-refractivity contribution in [1.82, 2.24) is 15.1 Å². The van der Waals surface area contributed by atoms with Crippen LogP contribution in [0.25, 0.3) is 5.69 Å². The number of amides is 1. The molecule has 1 aliphatic carbocycles. The molecule has 0 aliphatic heterocycles. The van der Waals surface area contributed by atoms with Gasteiger partial charge in [-0.15, -0.1) is 0 Å². The maximum Gasteiger partial charge on any atom is 0.271 e. The lowest BCUT2D eigenvalue weighted by molar-refractivity contribution is 0.0946. The summed E-state index contributed by atoms with van der Waals surface area (Å²) >= 11 is 0. The molecule has 1 aromatic heterocycles. The Hall–Kier alpha value is -2.10. The lowest BCUT2D eigenvalue weighted by atomic mass is 10.3. The summed E-state index contributed by atoms with van der Waals surface area (Å²) in [6.07, 6.45) is 4.28. The Kier molecular flexibility index (Phi) is 2.84. The summed E-state index contributed by atoms with van der Waals surface area (Å²) < 4.78 is 1.71. The molecule has 1 saturated carbocycles. The molecule has 1 aromatic carbocycles. The zero-order valence-electron chi connectivity index (χ0n) is 10.0. The highest BCUT2D eigenvalue weighted by Crippen LogP contribution is 2.27. The molecule has 0 spiro atoms. The maximum atomic E-state index is 11.8. The van der Waals surface area contributed by atoms with Gasteiger partial charge in [-0.3, -0.25) is 4.79 Å². The molecule has 0 saturated heterocycles. The maximum absolute atomic E-state index is 11.8. The zero-order chi connectivity index (χ0) is 12.4. The van der Waals surface area contributed by atoms with Gasteiger partial charge in [0.05, 0.1) is 5.69 Å². The predicted octanol–water partition coefficient (Wildman–Crippen LogP) is 2.01. The first-order valence-electron chi connectivity index (χ1n) is 6.22. The summed E-state index contributed by atoms with van der Waals surface area (Å²) in [5, 5.41) is 7.19. The SMILES string of the molecule is O=C(NCC1CC1)c1ccn(-c2ccccc2)n1. The van der Waals surface area contributed by atoms with Crippen LogP contribution in [0.3, 0.4) is 0 Å². The van der Waals surface area contributed by atoms with Crippen molar-refractivity contribution in [3.63, 3.8) is 0 Å². The van der Waals surface area contributed by atoms with Gasteiger partial charge in [-0.2, -0.15) is 5.10 Å². The number of benzene rings is 1. The summed E-state index contributed by atoms with van der Waals surface area (Å²) in [6, 6.07) is 11.5. The van der Waals surface area contributed by atoms with E-state index in [0.717, 1.165) is 12.2 Å². The Morgan fingerprint density at radius 3 is 2.78 bits per heavy atom. The molecular formula is C14H15N3O. The first-order chi connectivity index (χ1) is 8.83. The highest BCUT2D eigenvalue weighted by molar-refractivity contribution is 5.92. The minimum atomic E-state index is -0.0865. The van der Waals surface area contributed by atoms with Crippen LogP contribution in [0.4, 0.5) is 0 Å². The van der Waals surface area contributed by atoms with Gasteiger partial charge in [0.2, 0.25) is 0 Å². The van der Waals surface area contributed by atoms with Crippen LogP contribution < -0.4 is 5.32 Å². The predicted molar refractivity (Wildman–Crippen MR) is 68.6 cm³/mol. The number of hydrogen-bond donors (Lipinski definition) is 1. The van der Waals surface area contributed by atoms with Crippen LogP contribution in [0.1, 0.15) is 23.3 Å². The molecule has 18 heavy (non-hydrogen) atoms. The van der Waals surface area contributed by atoms with Crippen molar-refractivity contribution in [3.8, 4) is 5.69 Å². The highest BCUT2D eigenvalue weighted by atomic mass is 16.1. The fourth-order valence-electron chi connectivity index (χ4n) is 1.82. The normalized spacial score (nSPS) is 14.4. The first kappa shape index (κ1) is 11.0. The van der Waals surface area contributed by atoms with Gasteiger partial charge in [0.1, 0.15) is 0 Å². The molecule has 1 aliphatic rings. The second kappa shape index (κ2) is 4.64. The number of hydrogen-bond acceptors (Lipinski definition) is 2. The molecule has 1 heterocycles. The van der Waals surface area contributed by atoms with Gasteiger partial charge in [0.15, 0.2) is 5.69 Å². The Bertz CT molecular complexity index is 543. The van der Waals surface area contributed by atoms with E-state index >= 15 is 0 Å². The van der Waals surface area contributed by atoms with E-state index in [1.807, 2.05) is 30.3 Å². The highest BCUT2D eigenvalue weighted by Gasteiger charge is 2.22. The molecule has 4 nitrogen and oxygen atoms in total. The average Bonchev–Trinajstić information content (AvgIpc) is 3.11. The van der Waals surface area contributed by atoms with Crippen molar-refractivity contribution in [2.45, 2.75) is 12.8 Å². The molecule has 0 unspecified atom stereocenters. The second-order valence-corrected chi connectivity index (χ2v) is 4.63. The van der Waals surface area contributed by atoms with E-state index in [4.69, 9.17) is 0 Å². The Morgan fingerprint density at radius 2 is 2.06 bits per heavy atom. The van der Waals surface area contributed by atoms with Crippen LogP contribution >= 0.6 is 0 Å². The summed E-state index contributed by atoms with van der Waals surface area (Å²) in [4.78, 5) is 11.8. The molecule has 0 radical (unpaired) electrons. The van der Waals surface area contributed by atoms with E-state index in [0.29, 0.717) is 11.6 Å². The molecule has 4 heteroatoms. The lowest BCUT2D eigenvalue weighted by Gasteiger charge is -2.01. The number of carbonyl (C=O) groups is 1. The minimum absolute atomic E-state index is 0.0865. The third-order valence-corrected chi connectivity index (χ3v) is 3.09. The van der Waals surface area contributed by atoms with Crippen molar-refractivity contribution in [1.29, 1.82) is 0 Å². The Labute approximate surface area is 106 Å². The van der Waals surface area contributed by atoms with E-state index in [1.54, 1.807) is 16.9 Å². The van der Waals surface area contributed by atoms with Crippen molar-refractivity contribution in [2.75, 3.05) is 6.54 Å². The van der Waals surface area contributed by atoms with Gasteiger partial charge < -0.3 is 5.32 Å². The van der Waals surface area contributed by atoms with Crippen molar-refractivity contribution < 1.29 is 4.79 Å². The quantitative estimate of drug-likeness (QED) is 0.890. The van der Waals surface area contributed by atoms with E-state index in [9.17, 15) is 4.79 Å². The molecule has 0 atom stereocenters. The van der Waals surface area contributed by atoms with Gasteiger partial charge in [0.25, 0.3) is 5.91 Å². The summed E-state index contributed by atoms with van der Waals surface area (Å²) in [6.45, 7) is 0.775. The summed E-state index contributed by atoms with van der Waals surface area (Å²) in [5.74, 6) is 0.599. The van der Waals surface area contributed by atoms with Gasteiger partial charge in [-0.25, -0.2) is 4.68 Å². The number of aromatic nitrogens is 2. The van der Waals surface area contributed by atoms with Crippen LogP contribution in [0, 0.1) is 5.92 Å². The number of rotatable bonds is 4. The number of para-hydroxylation sites is 1. The van der Waals surface area contributed by atoms with E-state index in [2.05, 4.69) is 10.4 Å². The van der Waals surface area contributed by atoms with Crippen LogP contribution in [0.5, 0.6) is 0 Å². The van der Waals surface area contributed by atoms with Gasteiger partial charge >= 0.3 is 0 Å². The smallest absolute Gasteiger partial charge is 0.271 e. The van der Waals surface area contributed by atoms with Crippen molar-refractivity contribution in [3.05, 3.63) is 48.3 Å².